The van der Waals surface area contributed by atoms with Crippen molar-refractivity contribution < 1.29 is 17.9 Å². The van der Waals surface area contributed by atoms with E-state index in [1.807, 2.05) is 0 Å². The number of alkyl halides is 3. The molecule has 0 amide bonds. The van der Waals surface area contributed by atoms with Crippen molar-refractivity contribution in [1.29, 1.82) is 0 Å². The van der Waals surface area contributed by atoms with Gasteiger partial charge >= 0.3 is 6.18 Å². The maximum absolute atomic E-state index is 12.7. The molecule has 2 N–H and O–H groups in total. The highest BCUT2D eigenvalue weighted by Gasteiger charge is 2.30. The molecule has 0 radical (unpaired) electrons. The normalized spacial score (nSPS) is 20.4. The number of hydrogen-bond donors (Lipinski definition) is 2. The van der Waals surface area contributed by atoms with Crippen molar-refractivity contribution in [1.82, 2.24) is 15.5 Å². The lowest BCUT2D eigenvalue weighted by atomic mass is 10.1. The third kappa shape index (κ3) is 8.29. The van der Waals surface area contributed by atoms with Crippen LogP contribution in [0.2, 0.25) is 0 Å². The highest BCUT2D eigenvalue weighted by atomic mass is 127. The number of rotatable bonds is 8. The molecule has 164 valence electrons. The van der Waals surface area contributed by atoms with Crippen LogP contribution in [0.1, 0.15) is 30.4 Å². The Balaban J connectivity index is 0.00000300. The summed E-state index contributed by atoms with van der Waals surface area (Å²) >= 11 is 0. The first-order valence-electron chi connectivity index (χ1n) is 9.87. The van der Waals surface area contributed by atoms with Gasteiger partial charge in [-0.2, -0.15) is 13.2 Å². The number of halogens is 4. The molecule has 3 rings (SSSR count). The van der Waals surface area contributed by atoms with Gasteiger partial charge in [0.1, 0.15) is 0 Å². The molecule has 0 bridgehead atoms. The molecule has 1 aliphatic carbocycles. The number of ether oxygens (including phenoxy) is 1. The predicted molar refractivity (Wildman–Crippen MR) is 119 cm³/mol. The van der Waals surface area contributed by atoms with Crippen LogP contribution in [0.15, 0.2) is 29.3 Å². The number of nitrogens with zero attached hydrogens (tertiary/aromatic N) is 2. The van der Waals surface area contributed by atoms with Gasteiger partial charge in [-0.05, 0) is 42.9 Å². The van der Waals surface area contributed by atoms with Crippen molar-refractivity contribution in [3.05, 3.63) is 35.4 Å². The smallest absolute Gasteiger partial charge is 0.379 e. The van der Waals surface area contributed by atoms with Crippen molar-refractivity contribution in [2.45, 2.75) is 38.0 Å². The first-order valence-corrected chi connectivity index (χ1v) is 9.87. The lowest BCUT2D eigenvalue weighted by Crippen LogP contribution is -2.45. The first kappa shape index (κ1) is 24.2. The Morgan fingerprint density at radius 1 is 1.21 bits per heavy atom. The summed E-state index contributed by atoms with van der Waals surface area (Å²) in [5, 5.41) is 6.68. The van der Waals surface area contributed by atoms with Crippen LogP contribution in [-0.2, 0) is 17.5 Å². The SMILES string of the molecule is CN=C(NCCOCC1CC1)NC1CCN(Cc2ccc(C(F)(F)F)cc2)C1.I. The number of hydrogen-bond acceptors (Lipinski definition) is 3. The van der Waals surface area contributed by atoms with Gasteiger partial charge in [-0.15, -0.1) is 24.0 Å². The highest BCUT2D eigenvalue weighted by Crippen LogP contribution is 2.29. The molecule has 1 saturated heterocycles. The minimum absolute atomic E-state index is 0. The second kappa shape index (κ2) is 11.4. The zero-order chi connectivity index (χ0) is 20.0. The number of nitrogens with one attached hydrogen (secondary N) is 2. The van der Waals surface area contributed by atoms with E-state index in [9.17, 15) is 13.2 Å². The van der Waals surface area contributed by atoms with Crippen LogP contribution in [-0.4, -0.2) is 56.8 Å². The lowest BCUT2D eigenvalue weighted by Gasteiger charge is -2.19. The van der Waals surface area contributed by atoms with Crippen LogP contribution in [0.3, 0.4) is 0 Å². The predicted octanol–water partition coefficient (Wildman–Crippen LogP) is 3.49. The summed E-state index contributed by atoms with van der Waals surface area (Å²) in [4.78, 5) is 6.49. The molecule has 9 heteroatoms. The molecular formula is C20H30F3IN4O. The van der Waals surface area contributed by atoms with Gasteiger partial charge in [0.2, 0.25) is 0 Å². The molecule has 1 atom stereocenters. The standard InChI is InChI=1S/C20H29F3N4O.HI/c1-24-19(25-9-11-28-14-16-2-3-16)26-18-8-10-27(13-18)12-15-4-6-17(7-5-15)20(21,22)23;/h4-7,16,18H,2-3,8-14H2,1H3,(H2,24,25,26);1H. The molecule has 0 aromatic heterocycles. The number of guanidine groups is 1. The van der Waals surface area contributed by atoms with Crippen molar-refractivity contribution in [2.24, 2.45) is 10.9 Å². The average Bonchev–Trinajstić information content (AvgIpc) is 3.39. The lowest BCUT2D eigenvalue weighted by molar-refractivity contribution is -0.137. The van der Waals surface area contributed by atoms with E-state index in [1.54, 1.807) is 19.2 Å². The molecule has 29 heavy (non-hydrogen) atoms. The highest BCUT2D eigenvalue weighted by molar-refractivity contribution is 14.0. The Morgan fingerprint density at radius 2 is 1.93 bits per heavy atom. The van der Waals surface area contributed by atoms with E-state index in [0.717, 1.165) is 55.7 Å². The molecular weight excluding hydrogens is 496 g/mol. The second-order valence-corrected chi connectivity index (χ2v) is 7.58. The van der Waals surface area contributed by atoms with Gasteiger partial charge in [0.25, 0.3) is 0 Å². The third-order valence-electron chi connectivity index (χ3n) is 5.11. The second-order valence-electron chi connectivity index (χ2n) is 7.58. The molecule has 1 unspecified atom stereocenters. The molecule has 1 saturated carbocycles. The summed E-state index contributed by atoms with van der Waals surface area (Å²) in [5.41, 5.74) is 0.289. The van der Waals surface area contributed by atoms with E-state index in [1.165, 1.54) is 12.8 Å². The quantitative estimate of drug-likeness (QED) is 0.236. The van der Waals surface area contributed by atoms with Gasteiger partial charge < -0.3 is 15.4 Å². The zero-order valence-corrected chi connectivity index (χ0v) is 19.0. The van der Waals surface area contributed by atoms with Crippen LogP contribution >= 0.6 is 24.0 Å². The average molecular weight is 526 g/mol. The van der Waals surface area contributed by atoms with Gasteiger partial charge in [0.05, 0.1) is 12.2 Å². The van der Waals surface area contributed by atoms with Crippen LogP contribution in [0.4, 0.5) is 13.2 Å². The van der Waals surface area contributed by atoms with Crippen LogP contribution in [0.25, 0.3) is 0 Å². The monoisotopic (exact) mass is 526 g/mol. The van der Waals surface area contributed by atoms with E-state index in [-0.39, 0.29) is 30.0 Å². The molecule has 2 aliphatic rings. The van der Waals surface area contributed by atoms with Gasteiger partial charge in [0, 0.05) is 45.9 Å². The Bertz CT molecular complexity index is 650. The summed E-state index contributed by atoms with van der Waals surface area (Å²) < 4.78 is 43.6. The fraction of sp³-hybridized carbons (Fsp3) is 0.650. The van der Waals surface area contributed by atoms with Crippen molar-refractivity contribution >= 4 is 29.9 Å². The molecule has 2 fully saturated rings. The summed E-state index contributed by atoms with van der Waals surface area (Å²) in [6.45, 7) is 4.63. The fourth-order valence-corrected chi connectivity index (χ4v) is 3.32. The van der Waals surface area contributed by atoms with Crippen molar-refractivity contribution in [3.63, 3.8) is 0 Å². The van der Waals surface area contributed by atoms with Crippen molar-refractivity contribution in [3.8, 4) is 0 Å². The largest absolute Gasteiger partial charge is 0.416 e. The van der Waals surface area contributed by atoms with Crippen LogP contribution in [0, 0.1) is 5.92 Å². The topological polar surface area (TPSA) is 48.9 Å². The summed E-state index contributed by atoms with van der Waals surface area (Å²) in [5.74, 6) is 1.53. The third-order valence-corrected chi connectivity index (χ3v) is 5.11. The number of aliphatic imine (C=N–C) groups is 1. The molecule has 1 heterocycles. The fourth-order valence-electron chi connectivity index (χ4n) is 3.32. The van der Waals surface area contributed by atoms with Gasteiger partial charge in [-0.25, -0.2) is 0 Å². The first-order chi connectivity index (χ1) is 13.4. The molecule has 1 aliphatic heterocycles. The van der Waals surface area contributed by atoms with E-state index in [2.05, 4.69) is 20.5 Å². The Kier molecular flexibility index (Phi) is 9.48. The molecule has 1 aromatic rings. The van der Waals surface area contributed by atoms with Crippen LogP contribution in [0.5, 0.6) is 0 Å². The van der Waals surface area contributed by atoms with E-state index in [0.29, 0.717) is 19.7 Å². The van der Waals surface area contributed by atoms with Gasteiger partial charge in [-0.1, -0.05) is 12.1 Å². The molecule has 0 spiro atoms. The van der Waals surface area contributed by atoms with E-state index >= 15 is 0 Å². The Labute approximate surface area is 187 Å². The summed E-state index contributed by atoms with van der Waals surface area (Å²) in [7, 11) is 1.75. The number of likely N-dealkylation sites (tertiary alicyclic amines) is 1. The maximum Gasteiger partial charge on any atom is 0.416 e. The van der Waals surface area contributed by atoms with E-state index < -0.39 is 11.7 Å². The Hall–Kier alpha value is -1.07. The summed E-state index contributed by atoms with van der Waals surface area (Å²) in [6, 6.07) is 5.70. The van der Waals surface area contributed by atoms with Crippen LogP contribution < -0.4 is 10.6 Å². The van der Waals surface area contributed by atoms with Gasteiger partial charge in [-0.3, -0.25) is 9.89 Å². The molecule has 5 nitrogen and oxygen atoms in total. The van der Waals surface area contributed by atoms with E-state index in [4.69, 9.17) is 4.74 Å². The number of benzene rings is 1. The minimum atomic E-state index is -4.28. The minimum Gasteiger partial charge on any atom is -0.379 e. The maximum atomic E-state index is 12.7. The van der Waals surface area contributed by atoms with Crippen molar-refractivity contribution in [2.75, 3.05) is 39.9 Å². The zero-order valence-electron chi connectivity index (χ0n) is 16.7. The van der Waals surface area contributed by atoms with Gasteiger partial charge in [0.15, 0.2) is 5.96 Å². The Morgan fingerprint density at radius 3 is 2.55 bits per heavy atom. The molecule has 1 aromatic carbocycles. The summed E-state index contributed by atoms with van der Waals surface area (Å²) in [6.07, 6.45) is -0.727.